The van der Waals surface area contributed by atoms with Crippen LogP contribution < -0.4 is 5.56 Å². The van der Waals surface area contributed by atoms with Gasteiger partial charge in [0.1, 0.15) is 10.6 Å². The molecular formula is C20H17N3O2S. The van der Waals surface area contributed by atoms with Gasteiger partial charge in [0.2, 0.25) is 0 Å². The predicted molar refractivity (Wildman–Crippen MR) is 104 cm³/mol. The highest BCUT2D eigenvalue weighted by atomic mass is 32.1. The van der Waals surface area contributed by atoms with E-state index in [4.69, 9.17) is 4.98 Å². The van der Waals surface area contributed by atoms with E-state index in [0.717, 1.165) is 42.0 Å². The van der Waals surface area contributed by atoms with Crippen molar-refractivity contribution >= 4 is 31.8 Å². The van der Waals surface area contributed by atoms with E-state index < -0.39 is 0 Å². The number of hydrogen-bond acceptors (Lipinski definition) is 5. The second kappa shape index (κ2) is 5.93. The predicted octanol–water partition coefficient (Wildman–Crippen LogP) is 3.40. The minimum absolute atomic E-state index is 0.0235. The molecule has 0 aliphatic carbocycles. The fraction of sp³-hybridized carbons (Fsp3) is 0.200. The lowest BCUT2D eigenvalue weighted by Gasteiger charge is -2.28. The van der Waals surface area contributed by atoms with E-state index in [1.807, 2.05) is 6.07 Å². The summed E-state index contributed by atoms with van der Waals surface area (Å²) in [6.45, 7) is 2.74. The monoisotopic (exact) mass is 363 g/mol. The first-order valence-electron chi connectivity index (χ1n) is 8.61. The van der Waals surface area contributed by atoms with Crippen LogP contribution in [0.1, 0.15) is 16.8 Å². The molecule has 0 spiro atoms. The van der Waals surface area contributed by atoms with Gasteiger partial charge in [-0.15, -0.1) is 11.3 Å². The van der Waals surface area contributed by atoms with Gasteiger partial charge in [0.25, 0.3) is 5.56 Å². The Hall–Kier alpha value is -2.70. The number of fused-ring (bicyclic) bond motifs is 4. The maximum absolute atomic E-state index is 11.8. The third-order valence-corrected chi connectivity index (χ3v) is 6.03. The highest BCUT2D eigenvalue weighted by Gasteiger charge is 2.20. The zero-order valence-corrected chi connectivity index (χ0v) is 14.8. The second-order valence-corrected chi connectivity index (χ2v) is 7.72. The maximum Gasteiger partial charge on any atom is 0.252 e. The Bertz CT molecular complexity index is 1180. The lowest BCUT2D eigenvalue weighted by atomic mass is 10.0. The van der Waals surface area contributed by atoms with Crippen molar-refractivity contribution in [3.63, 3.8) is 0 Å². The number of pyridine rings is 2. The van der Waals surface area contributed by atoms with Gasteiger partial charge in [-0.1, -0.05) is 30.3 Å². The van der Waals surface area contributed by atoms with Crippen molar-refractivity contribution in [1.82, 2.24) is 14.9 Å². The van der Waals surface area contributed by atoms with Gasteiger partial charge < -0.3 is 10.1 Å². The van der Waals surface area contributed by atoms with Gasteiger partial charge in [0, 0.05) is 43.2 Å². The van der Waals surface area contributed by atoms with Crippen LogP contribution in [0.5, 0.6) is 5.75 Å². The van der Waals surface area contributed by atoms with Crippen molar-refractivity contribution in [1.29, 1.82) is 0 Å². The van der Waals surface area contributed by atoms with Crippen molar-refractivity contribution in [2.45, 2.75) is 19.5 Å². The second-order valence-electron chi connectivity index (χ2n) is 6.72. The van der Waals surface area contributed by atoms with Crippen LogP contribution in [-0.4, -0.2) is 26.5 Å². The summed E-state index contributed by atoms with van der Waals surface area (Å²) < 4.78 is 0.690. The standard InChI is InChI=1S/C20H17N3O2S/c24-16-9-17(25)22-18-14-8-13-11-23(10-12-4-2-1-3-5-12)7-6-15(13)21-20(14)26-19(16)18/h1-5,8-9H,6-7,10-11H2,(H2,22,24,25). The number of nitrogens with zero attached hydrogens (tertiary/aromatic N) is 2. The van der Waals surface area contributed by atoms with Crippen LogP contribution in [0.3, 0.4) is 0 Å². The molecule has 130 valence electrons. The molecule has 0 atom stereocenters. The molecule has 1 aromatic carbocycles. The summed E-state index contributed by atoms with van der Waals surface area (Å²) in [5, 5.41) is 11.0. The average molecular weight is 363 g/mol. The minimum atomic E-state index is -0.293. The van der Waals surface area contributed by atoms with Crippen molar-refractivity contribution in [3.05, 3.63) is 69.6 Å². The Kier molecular flexibility index (Phi) is 3.55. The molecular weight excluding hydrogens is 346 g/mol. The molecule has 26 heavy (non-hydrogen) atoms. The lowest BCUT2D eigenvalue weighted by Crippen LogP contribution is -2.30. The van der Waals surface area contributed by atoms with Gasteiger partial charge >= 0.3 is 0 Å². The Morgan fingerprint density at radius 3 is 2.92 bits per heavy atom. The van der Waals surface area contributed by atoms with E-state index >= 15 is 0 Å². The van der Waals surface area contributed by atoms with E-state index in [1.165, 1.54) is 28.5 Å². The first kappa shape index (κ1) is 15.5. The third-order valence-electron chi connectivity index (χ3n) is 4.91. The summed E-state index contributed by atoms with van der Waals surface area (Å²) in [6.07, 6.45) is 0.912. The molecule has 4 aromatic rings. The molecule has 0 saturated carbocycles. The third kappa shape index (κ3) is 2.58. The molecule has 0 radical (unpaired) electrons. The van der Waals surface area contributed by atoms with Gasteiger partial charge in [-0.05, 0) is 17.2 Å². The zero-order chi connectivity index (χ0) is 17.7. The summed E-state index contributed by atoms with van der Waals surface area (Å²) in [6, 6.07) is 13.8. The first-order valence-corrected chi connectivity index (χ1v) is 9.42. The van der Waals surface area contributed by atoms with E-state index in [2.05, 4.69) is 40.2 Å². The van der Waals surface area contributed by atoms with Crippen LogP contribution in [0, 0.1) is 0 Å². The van der Waals surface area contributed by atoms with Crippen LogP contribution in [-0.2, 0) is 19.5 Å². The number of benzene rings is 1. The van der Waals surface area contributed by atoms with E-state index in [1.54, 1.807) is 0 Å². The highest BCUT2D eigenvalue weighted by molar-refractivity contribution is 7.25. The lowest BCUT2D eigenvalue weighted by molar-refractivity contribution is 0.244. The number of aromatic nitrogens is 2. The molecule has 5 rings (SSSR count). The van der Waals surface area contributed by atoms with Crippen LogP contribution in [0.15, 0.2) is 47.3 Å². The number of aromatic hydroxyl groups is 1. The maximum atomic E-state index is 11.8. The number of hydrogen-bond donors (Lipinski definition) is 2. The minimum Gasteiger partial charge on any atom is -0.506 e. The van der Waals surface area contributed by atoms with Crippen LogP contribution in [0.25, 0.3) is 20.4 Å². The van der Waals surface area contributed by atoms with Gasteiger partial charge in [-0.2, -0.15) is 0 Å². The molecule has 4 heterocycles. The molecule has 3 aromatic heterocycles. The summed E-state index contributed by atoms with van der Waals surface area (Å²) in [4.78, 5) is 22.7. The fourth-order valence-corrected chi connectivity index (χ4v) is 4.71. The Morgan fingerprint density at radius 2 is 2.08 bits per heavy atom. The van der Waals surface area contributed by atoms with Gasteiger partial charge in [-0.3, -0.25) is 9.69 Å². The largest absolute Gasteiger partial charge is 0.506 e. The van der Waals surface area contributed by atoms with Crippen LogP contribution >= 0.6 is 11.3 Å². The molecule has 6 heteroatoms. The normalized spacial score (nSPS) is 14.8. The number of nitrogens with one attached hydrogen (secondary N) is 1. The van der Waals surface area contributed by atoms with Gasteiger partial charge in [0.15, 0.2) is 0 Å². The fourth-order valence-electron chi connectivity index (χ4n) is 3.67. The van der Waals surface area contributed by atoms with Crippen LogP contribution in [0.4, 0.5) is 0 Å². The summed E-state index contributed by atoms with van der Waals surface area (Å²) in [5.74, 6) is 0.0235. The molecule has 0 saturated heterocycles. The first-order chi connectivity index (χ1) is 12.7. The SMILES string of the molecule is O=c1cc(O)c2sc3nc4c(cc3c2[nH]1)CN(Cc1ccccc1)CC4. The van der Waals surface area contributed by atoms with Gasteiger partial charge in [0.05, 0.1) is 10.2 Å². The number of thiophene rings is 1. The number of H-pyrrole nitrogens is 1. The molecule has 0 amide bonds. The van der Waals surface area contributed by atoms with Gasteiger partial charge in [-0.25, -0.2) is 4.98 Å². The average Bonchev–Trinajstić information content (AvgIpc) is 2.99. The summed E-state index contributed by atoms with van der Waals surface area (Å²) >= 11 is 1.43. The Morgan fingerprint density at radius 1 is 1.23 bits per heavy atom. The summed E-state index contributed by atoms with van der Waals surface area (Å²) in [5.41, 5.74) is 4.02. The van der Waals surface area contributed by atoms with E-state index in [9.17, 15) is 9.90 Å². The van der Waals surface area contributed by atoms with Crippen molar-refractivity contribution in [2.75, 3.05) is 6.54 Å². The van der Waals surface area contributed by atoms with Crippen molar-refractivity contribution < 1.29 is 5.11 Å². The molecule has 2 N–H and O–H groups in total. The van der Waals surface area contributed by atoms with Crippen molar-refractivity contribution in [3.8, 4) is 5.75 Å². The topological polar surface area (TPSA) is 69.2 Å². The molecule has 1 aliphatic rings. The molecule has 1 aliphatic heterocycles. The smallest absolute Gasteiger partial charge is 0.252 e. The molecule has 0 bridgehead atoms. The quantitative estimate of drug-likeness (QED) is 0.573. The molecule has 0 fully saturated rings. The number of rotatable bonds is 2. The summed E-state index contributed by atoms with van der Waals surface area (Å²) in [7, 11) is 0. The molecule has 5 nitrogen and oxygen atoms in total. The van der Waals surface area contributed by atoms with Crippen LogP contribution in [0.2, 0.25) is 0 Å². The zero-order valence-electron chi connectivity index (χ0n) is 14.0. The molecule has 0 unspecified atom stereocenters. The highest BCUT2D eigenvalue weighted by Crippen LogP contribution is 2.37. The van der Waals surface area contributed by atoms with E-state index in [-0.39, 0.29) is 11.3 Å². The Labute approximate surface area is 153 Å². The van der Waals surface area contributed by atoms with E-state index in [0.29, 0.717) is 10.2 Å². The van der Waals surface area contributed by atoms with Crippen molar-refractivity contribution in [2.24, 2.45) is 0 Å². The Balaban J connectivity index is 1.56. The number of aromatic amines is 1.